The molecule has 1 aliphatic rings. The molecular weight excluding hydrogens is 465 g/mol. The van der Waals surface area contributed by atoms with E-state index in [-0.39, 0.29) is 42.1 Å². The lowest BCUT2D eigenvalue weighted by molar-refractivity contribution is -0.142. The fourth-order valence-electron chi connectivity index (χ4n) is 3.56. The predicted octanol–water partition coefficient (Wildman–Crippen LogP) is 5.29. The molecule has 9 nitrogen and oxygen atoms in total. The van der Waals surface area contributed by atoms with Gasteiger partial charge in [0.1, 0.15) is 18.2 Å². The summed E-state index contributed by atoms with van der Waals surface area (Å²) in [5, 5.41) is 3.17. The van der Waals surface area contributed by atoms with Crippen molar-refractivity contribution in [2.24, 2.45) is 0 Å². The van der Waals surface area contributed by atoms with Gasteiger partial charge in [-0.15, -0.1) is 0 Å². The lowest BCUT2D eigenvalue weighted by Crippen LogP contribution is -2.34. The van der Waals surface area contributed by atoms with Crippen molar-refractivity contribution in [3.05, 3.63) is 59.7 Å². The summed E-state index contributed by atoms with van der Waals surface area (Å²) in [4.78, 5) is 29.9. The number of pyridine rings is 1. The molecule has 2 aromatic heterocycles. The summed E-state index contributed by atoms with van der Waals surface area (Å²) in [6.45, 7) is 5.79. The highest BCUT2D eigenvalue weighted by molar-refractivity contribution is 5.88. The maximum Gasteiger partial charge on any atom is 0.437 e. The van der Waals surface area contributed by atoms with Crippen molar-refractivity contribution < 1.29 is 27.4 Å². The zero-order valence-electron chi connectivity index (χ0n) is 19.2. The van der Waals surface area contributed by atoms with Gasteiger partial charge in [-0.2, -0.15) is 28.1 Å². The maximum absolute atomic E-state index is 13.2. The van der Waals surface area contributed by atoms with Gasteiger partial charge in [-0.25, -0.2) is 14.7 Å². The van der Waals surface area contributed by atoms with Crippen LogP contribution in [-0.4, -0.2) is 38.7 Å². The zero-order chi connectivity index (χ0) is 25.2. The SMILES string of the molecule is CC[C@H]1COC(=O)N1c1nc(C)nc(N[C@H](C)c2ccc(Oc3cccnc3C(F)(F)F)cc2)n1. The third-order valence-electron chi connectivity index (χ3n) is 5.38. The van der Waals surface area contributed by atoms with Crippen LogP contribution in [0.25, 0.3) is 0 Å². The van der Waals surface area contributed by atoms with Crippen LogP contribution in [0.4, 0.5) is 29.9 Å². The Morgan fingerprint density at radius 2 is 1.94 bits per heavy atom. The number of benzene rings is 1. The molecule has 1 fully saturated rings. The highest BCUT2D eigenvalue weighted by Crippen LogP contribution is 2.36. The topological polar surface area (TPSA) is 102 Å². The Kier molecular flexibility index (Phi) is 6.72. The number of aryl methyl sites for hydroxylation is 1. The summed E-state index contributed by atoms with van der Waals surface area (Å²) < 4.78 is 50.0. The van der Waals surface area contributed by atoms with Crippen molar-refractivity contribution >= 4 is 18.0 Å². The van der Waals surface area contributed by atoms with Crippen LogP contribution in [0.3, 0.4) is 0 Å². The van der Waals surface area contributed by atoms with Gasteiger partial charge in [-0.1, -0.05) is 19.1 Å². The average Bonchev–Trinajstić information content (AvgIpc) is 3.19. The summed E-state index contributed by atoms with van der Waals surface area (Å²) >= 11 is 0. The average molecular weight is 488 g/mol. The van der Waals surface area contributed by atoms with E-state index >= 15 is 0 Å². The van der Waals surface area contributed by atoms with Gasteiger partial charge in [0, 0.05) is 6.20 Å². The highest BCUT2D eigenvalue weighted by Gasteiger charge is 2.37. The minimum Gasteiger partial charge on any atom is -0.455 e. The van der Waals surface area contributed by atoms with Crippen LogP contribution in [0.15, 0.2) is 42.6 Å². The normalized spacial score (nSPS) is 16.7. The second-order valence-electron chi connectivity index (χ2n) is 7.90. The number of hydrogen-bond acceptors (Lipinski definition) is 8. The molecular formula is C23H23F3N6O3. The van der Waals surface area contributed by atoms with Crippen molar-refractivity contribution in [3.8, 4) is 11.5 Å². The van der Waals surface area contributed by atoms with E-state index in [4.69, 9.17) is 9.47 Å². The highest BCUT2D eigenvalue weighted by atomic mass is 19.4. The fourth-order valence-corrected chi connectivity index (χ4v) is 3.56. The number of nitrogens with one attached hydrogen (secondary N) is 1. The number of cyclic esters (lactones) is 1. The smallest absolute Gasteiger partial charge is 0.437 e. The molecule has 4 rings (SSSR count). The van der Waals surface area contributed by atoms with Crippen molar-refractivity contribution in [1.29, 1.82) is 0 Å². The van der Waals surface area contributed by atoms with Gasteiger partial charge in [-0.3, -0.25) is 0 Å². The summed E-state index contributed by atoms with van der Waals surface area (Å²) in [5.74, 6) is 0.774. The Hall–Kier alpha value is -3.96. The van der Waals surface area contributed by atoms with Crippen LogP contribution >= 0.6 is 0 Å². The van der Waals surface area contributed by atoms with Gasteiger partial charge in [0.05, 0.1) is 12.1 Å². The molecule has 184 valence electrons. The molecule has 1 aromatic carbocycles. The summed E-state index contributed by atoms with van der Waals surface area (Å²) in [7, 11) is 0. The number of carbonyl (C=O) groups excluding carboxylic acids is 1. The van der Waals surface area contributed by atoms with Gasteiger partial charge in [0.15, 0.2) is 11.4 Å². The Morgan fingerprint density at radius 1 is 1.20 bits per heavy atom. The molecule has 1 N–H and O–H groups in total. The third kappa shape index (κ3) is 5.42. The maximum atomic E-state index is 13.2. The van der Waals surface area contributed by atoms with Crippen LogP contribution in [-0.2, 0) is 10.9 Å². The summed E-state index contributed by atoms with van der Waals surface area (Å²) in [5.41, 5.74) is -0.279. The number of alkyl halides is 3. The van der Waals surface area contributed by atoms with E-state index in [1.54, 1.807) is 31.2 Å². The van der Waals surface area contributed by atoms with E-state index in [0.717, 1.165) is 11.8 Å². The number of aromatic nitrogens is 4. The number of ether oxygens (including phenoxy) is 2. The molecule has 0 unspecified atom stereocenters. The number of halogens is 3. The van der Waals surface area contributed by atoms with Crippen molar-refractivity contribution in [2.45, 2.75) is 45.5 Å². The Morgan fingerprint density at radius 3 is 2.63 bits per heavy atom. The van der Waals surface area contributed by atoms with Crippen molar-refractivity contribution in [1.82, 2.24) is 19.9 Å². The van der Waals surface area contributed by atoms with Gasteiger partial charge in [-0.05, 0) is 50.1 Å². The van der Waals surface area contributed by atoms with E-state index in [1.165, 1.54) is 17.0 Å². The second kappa shape index (κ2) is 9.72. The molecule has 0 saturated carbocycles. The molecule has 1 saturated heterocycles. The first-order chi connectivity index (χ1) is 16.7. The van der Waals surface area contributed by atoms with Gasteiger partial charge >= 0.3 is 12.3 Å². The Bertz CT molecular complexity index is 1210. The predicted molar refractivity (Wildman–Crippen MR) is 120 cm³/mol. The van der Waals surface area contributed by atoms with Crippen LogP contribution in [0.2, 0.25) is 0 Å². The van der Waals surface area contributed by atoms with E-state index in [2.05, 4.69) is 25.3 Å². The minimum absolute atomic E-state index is 0.153. The first-order valence-corrected chi connectivity index (χ1v) is 10.9. The number of hydrogen-bond donors (Lipinski definition) is 1. The molecule has 3 aromatic rings. The van der Waals surface area contributed by atoms with E-state index < -0.39 is 18.0 Å². The van der Waals surface area contributed by atoms with Gasteiger partial charge in [0.2, 0.25) is 11.9 Å². The number of amides is 1. The van der Waals surface area contributed by atoms with Crippen LogP contribution in [0.1, 0.15) is 43.4 Å². The molecule has 2 atom stereocenters. The molecule has 12 heteroatoms. The molecule has 0 bridgehead atoms. The zero-order valence-corrected chi connectivity index (χ0v) is 19.2. The molecule has 0 spiro atoms. The Labute approximate surface area is 199 Å². The summed E-state index contributed by atoms with van der Waals surface area (Å²) in [6, 6.07) is 8.74. The van der Waals surface area contributed by atoms with Gasteiger partial charge in [0.25, 0.3) is 0 Å². The van der Waals surface area contributed by atoms with Gasteiger partial charge < -0.3 is 14.8 Å². The number of anilines is 2. The standard InChI is InChI=1S/C23H23F3N6O3/c1-4-16-12-34-22(33)32(16)21-30-14(3)29-20(31-21)28-13(2)15-7-9-17(10-8-15)35-18-6-5-11-27-19(18)23(24,25)26/h5-11,13,16H,4,12H2,1-3H3,(H,28,29,30,31)/t13-,16+/m1/s1. The van der Waals surface area contributed by atoms with Crippen molar-refractivity contribution in [2.75, 3.05) is 16.8 Å². The van der Waals surface area contributed by atoms with Crippen LogP contribution < -0.4 is 15.0 Å². The third-order valence-corrected chi connectivity index (χ3v) is 5.38. The monoisotopic (exact) mass is 488 g/mol. The quantitative estimate of drug-likeness (QED) is 0.478. The van der Waals surface area contributed by atoms with Crippen LogP contribution in [0.5, 0.6) is 11.5 Å². The molecule has 35 heavy (non-hydrogen) atoms. The lowest BCUT2D eigenvalue weighted by atomic mass is 10.1. The summed E-state index contributed by atoms with van der Waals surface area (Å²) in [6.07, 6.45) is -3.37. The van der Waals surface area contributed by atoms with Crippen LogP contribution in [0, 0.1) is 6.92 Å². The first kappa shape index (κ1) is 24.2. The van der Waals surface area contributed by atoms with E-state index in [1.807, 2.05) is 13.8 Å². The molecule has 0 aliphatic carbocycles. The molecule has 0 radical (unpaired) electrons. The number of carbonyl (C=O) groups is 1. The minimum atomic E-state index is -4.63. The first-order valence-electron chi connectivity index (χ1n) is 10.9. The van der Waals surface area contributed by atoms with Crippen molar-refractivity contribution in [3.63, 3.8) is 0 Å². The molecule has 3 heterocycles. The molecule has 1 aliphatic heterocycles. The second-order valence-corrected chi connectivity index (χ2v) is 7.90. The Balaban J connectivity index is 1.48. The number of rotatable bonds is 7. The van der Waals surface area contributed by atoms with E-state index in [0.29, 0.717) is 12.2 Å². The largest absolute Gasteiger partial charge is 0.455 e. The fraction of sp³-hybridized carbons (Fsp3) is 0.348. The van der Waals surface area contributed by atoms with E-state index in [9.17, 15) is 18.0 Å². The number of nitrogens with zero attached hydrogens (tertiary/aromatic N) is 5. The molecule has 1 amide bonds. The lowest BCUT2D eigenvalue weighted by Gasteiger charge is -2.20.